The molecule has 5 nitrogen and oxygen atoms in total. The van der Waals surface area contributed by atoms with Crippen LogP contribution in [-0.2, 0) is 4.74 Å². The van der Waals surface area contributed by atoms with Crippen molar-refractivity contribution >= 4 is 0 Å². The number of unbranched alkanes of at least 4 members (excludes halogenated alkanes) is 16. The number of nitrogens with zero attached hydrogens (tertiary/aromatic N) is 2. The molecule has 1 N–H and O–H groups in total. The monoisotopic (exact) mass is 633 g/mol. The van der Waals surface area contributed by atoms with E-state index in [9.17, 15) is 5.11 Å². The second-order valence-corrected chi connectivity index (χ2v) is 13.4. The third-order valence-electron chi connectivity index (χ3n) is 9.02. The van der Waals surface area contributed by atoms with E-state index in [1.165, 1.54) is 155 Å². The third-order valence-corrected chi connectivity index (χ3v) is 9.02. The van der Waals surface area contributed by atoms with Crippen molar-refractivity contribution in [1.29, 1.82) is 0 Å². The maximum Gasteiger partial charge on any atom is 0.201 e. The first kappa shape index (κ1) is 41.7. The van der Waals surface area contributed by atoms with Crippen molar-refractivity contribution in [2.24, 2.45) is 0 Å². The van der Waals surface area contributed by atoms with Crippen molar-refractivity contribution in [1.82, 2.24) is 9.80 Å². The van der Waals surface area contributed by atoms with Gasteiger partial charge in [0.15, 0.2) is 0 Å². The highest BCUT2D eigenvalue weighted by atomic mass is 16.7. The molecule has 0 spiro atoms. The lowest BCUT2D eigenvalue weighted by Gasteiger charge is -2.27. The minimum Gasteiger partial charge on any atom is -0.508 e. The second-order valence-electron chi connectivity index (χ2n) is 13.4. The smallest absolute Gasteiger partial charge is 0.201 e. The summed E-state index contributed by atoms with van der Waals surface area (Å²) in [6.45, 7) is 16.8. The van der Waals surface area contributed by atoms with Gasteiger partial charge in [0.2, 0.25) is 6.29 Å². The summed E-state index contributed by atoms with van der Waals surface area (Å²) in [6.07, 6.45) is 28.3. The minimum absolute atomic E-state index is 0.265. The van der Waals surface area contributed by atoms with Gasteiger partial charge in [0.25, 0.3) is 0 Å². The van der Waals surface area contributed by atoms with Crippen LogP contribution in [0.3, 0.4) is 0 Å². The van der Waals surface area contributed by atoms with Crippen LogP contribution in [0.4, 0.5) is 0 Å². The molecule has 1 atom stereocenters. The number of benzene rings is 1. The van der Waals surface area contributed by atoms with Crippen LogP contribution in [0.15, 0.2) is 24.3 Å². The standard InChI is InChI=1S/C40H76N2O3/c1-5-9-13-17-21-31-41(32-22-18-14-10-6-2)35-25-37-44-40(45-39-28-26-38(43)27-29-39)30-36-42(33-23-19-15-11-7-3)34-24-20-16-12-8-4/h26-29,40,43H,5-25,30-37H2,1-4H3. The number of aromatic hydroxyl groups is 1. The average Bonchev–Trinajstić information content (AvgIpc) is 3.05. The summed E-state index contributed by atoms with van der Waals surface area (Å²) < 4.78 is 12.8. The number of hydrogen-bond acceptors (Lipinski definition) is 5. The van der Waals surface area contributed by atoms with Gasteiger partial charge < -0.3 is 24.4 Å². The number of phenols is 1. The predicted molar refractivity (Wildman–Crippen MR) is 196 cm³/mol. The molecule has 1 aromatic carbocycles. The van der Waals surface area contributed by atoms with E-state index in [-0.39, 0.29) is 12.0 Å². The van der Waals surface area contributed by atoms with Crippen LogP contribution < -0.4 is 4.74 Å². The maximum absolute atomic E-state index is 9.77. The first-order valence-corrected chi connectivity index (χ1v) is 19.6. The Morgan fingerprint density at radius 3 is 1.29 bits per heavy atom. The van der Waals surface area contributed by atoms with E-state index in [4.69, 9.17) is 9.47 Å². The van der Waals surface area contributed by atoms with Crippen LogP contribution in [0.5, 0.6) is 11.5 Å². The van der Waals surface area contributed by atoms with Gasteiger partial charge in [0.05, 0.1) is 6.61 Å². The number of hydrogen-bond donors (Lipinski definition) is 1. The lowest BCUT2D eigenvalue weighted by molar-refractivity contribution is -0.0897. The van der Waals surface area contributed by atoms with E-state index in [0.29, 0.717) is 0 Å². The van der Waals surface area contributed by atoms with Crippen LogP contribution >= 0.6 is 0 Å². The van der Waals surface area contributed by atoms with E-state index in [1.54, 1.807) is 12.1 Å². The largest absolute Gasteiger partial charge is 0.508 e. The summed E-state index contributed by atoms with van der Waals surface area (Å²) in [5.74, 6) is 1.03. The fraction of sp³-hybridized carbons (Fsp3) is 0.850. The Morgan fingerprint density at radius 1 is 0.489 bits per heavy atom. The molecule has 0 radical (unpaired) electrons. The lowest BCUT2D eigenvalue weighted by Crippen LogP contribution is -2.33. The van der Waals surface area contributed by atoms with Gasteiger partial charge in [-0.05, 0) is 82.5 Å². The number of ether oxygens (including phenoxy) is 2. The zero-order chi connectivity index (χ0) is 32.6. The molecular weight excluding hydrogens is 556 g/mol. The van der Waals surface area contributed by atoms with Crippen molar-refractivity contribution < 1.29 is 14.6 Å². The molecule has 0 aliphatic carbocycles. The van der Waals surface area contributed by atoms with Crippen molar-refractivity contribution in [2.75, 3.05) is 45.9 Å². The van der Waals surface area contributed by atoms with Crippen molar-refractivity contribution in [2.45, 2.75) is 175 Å². The molecule has 0 aliphatic heterocycles. The molecule has 0 bridgehead atoms. The van der Waals surface area contributed by atoms with Crippen LogP contribution in [0.2, 0.25) is 0 Å². The Bertz CT molecular complexity index is 701. The molecule has 0 heterocycles. The average molecular weight is 633 g/mol. The Labute approximate surface area is 280 Å². The highest BCUT2D eigenvalue weighted by Crippen LogP contribution is 2.19. The number of rotatable bonds is 34. The predicted octanol–water partition coefficient (Wildman–Crippen LogP) is 11.4. The van der Waals surface area contributed by atoms with E-state index >= 15 is 0 Å². The molecule has 1 aromatic rings. The Balaban J connectivity index is 2.68. The first-order chi connectivity index (χ1) is 22.1. The molecule has 0 saturated carbocycles. The van der Waals surface area contributed by atoms with Crippen LogP contribution in [0, 0.1) is 0 Å². The van der Waals surface area contributed by atoms with Crippen molar-refractivity contribution in [3.8, 4) is 11.5 Å². The molecule has 0 saturated heterocycles. The van der Waals surface area contributed by atoms with Crippen molar-refractivity contribution in [3.05, 3.63) is 24.3 Å². The lowest BCUT2D eigenvalue weighted by atomic mass is 10.1. The van der Waals surface area contributed by atoms with Gasteiger partial charge in [-0.15, -0.1) is 0 Å². The summed E-state index contributed by atoms with van der Waals surface area (Å²) >= 11 is 0. The van der Waals surface area contributed by atoms with E-state index < -0.39 is 0 Å². The fourth-order valence-corrected chi connectivity index (χ4v) is 6.07. The van der Waals surface area contributed by atoms with Crippen molar-refractivity contribution in [3.63, 3.8) is 0 Å². The molecule has 1 rings (SSSR count). The molecule has 264 valence electrons. The summed E-state index contributed by atoms with van der Waals surface area (Å²) in [4.78, 5) is 5.35. The minimum atomic E-state index is -0.270. The zero-order valence-electron chi connectivity index (χ0n) is 30.6. The van der Waals surface area contributed by atoms with Gasteiger partial charge in [-0.2, -0.15) is 0 Å². The normalized spacial score (nSPS) is 12.4. The topological polar surface area (TPSA) is 45.2 Å². The van der Waals surface area contributed by atoms with Crippen LogP contribution in [0.1, 0.15) is 169 Å². The van der Waals surface area contributed by atoms with Gasteiger partial charge >= 0.3 is 0 Å². The zero-order valence-corrected chi connectivity index (χ0v) is 30.6. The summed E-state index contributed by atoms with van der Waals surface area (Å²) in [5, 5.41) is 9.77. The van der Waals surface area contributed by atoms with Gasteiger partial charge in [0.1, 0.15) is 11.5 Å². The molecular formula is C40H76N2O3. The van der Waals surface area contributed by atoms with Gasteiger partial charge in [-0.3, -0.25) is 0 Å². The molecule has 1 unspecified atom stereocenters. The van der Waals surface area contributed by atoms with Gasteiger partial charge in [0, 0.05) is 19.5 Å². The maximum atomic E-state index is 9.77. The highest BCUT2D eigenvalue weighted by molar-refractivity contribution is 5.30. The molecule has 0 fully saturated rings. The quantitative estimate of drug-likeness (QED) is 0.0605. The highest BCUT2D eigenvalue weighted by Gasteiger charge is 2.15. The molecule has 5 heteroatoms. The summed E-state index contributed by atoms with van der Waals surface area (Å²) in [5.41, 5.74) is 0. The van der Waals surface area contributed by atoms with Gasteiger partial charge in [-0.25, -0.2) is 0 Å². The molecule has 0 aromatic heterocycles. The van der Waals surface area contributed by atoms with Gasteiger partial charge in [-0.1, -0.05) is 130 Å². The molecule has 0 aliphatic rings. The van der Waals surface area contributed by atoms with E-state index in [2.05, 4.69) is 37.5 Å². The summed E-state index contributed by atoms with van der Waals surface area (Å²) in [7, 11) is 0. The SMILES string of the molecule is CCCCCCCN(CCCCCCC)CCCOC(CCN(CCCCCCC)CCCCCCC)Oc1ccc(O)cc1. The summed E-state index contributed by atoms with van der Waals surface area (Å²) in [6, 6.07) is 7.10. The molecule has 0 amide bonds. The van der Waals surface area contributed by atoms with Crippen LogP contribution in [-0.4, -0.2) is 67.1 Å². The third kappa shape index (κ3) is 25.5. The Hall–Kier alpha value is -1.30. The second kappa shape index (κ2) is 31.3. The van der Waals surface area contributed by atoms with Crippen LogP contribution in [0.25, 0.3) is 0 Å². The van der Waals surface area contributed by atoms with E-state index in [1.807, 2.05) is 12.1 Å². The fourth-order valence-electron chi connectivity index (χ4n) is 6.07. The Kier molecular flexibility index (Phi) is 29.0. The molecule has 45 heavy (non-hydrogen) atoms. The number of phenolic OH excluding ortho intramolecular Hbond substituents is 1. The first-order valence-electron chi connectivity index (χ1n) is 19.6. The Morgan fingerprint density at radius 2 is 0.867 bits per heavy atom. The van der Waals surface area contributed by atoms with E-state index in [0.717, 1.165) is 38.3 Å².